The Morgan fingerprint density at radius 1 is 1.60 bits per heavy atom. The Morgan fingerprint density at radius 3 is 3.00 bits per heavy atom. The second kappa shape index (κ2) is 6.01. The Hall–Kier alpha value is -1.58. The molecule has 4 heteroatoms. The summed E-state index contributed by atoms with van der Waals surface area (Å²) >= 11 is 0. The molecule has 1 aromatic rings. The average molecular weight is 208 g/mol. The molecule has 1 heterocycles. The summed E-state index contributed by atoms with van der Waals surface area (Å²) in [6, 6.07) is 3.51. The number of ether oxygens (including phenoxy) is 1. The van der Waals surface area contributed by atoms with Crippen molar-refractivity contribution >= 4 is 11.8 Å². The number of amides is 1. The van der Waals surface area contributed by atoms with E-state index < -0.39 is 6.09 Å². The number of nitrogens with one attached hydrogen (secondary N) is 1. The van der Waals surface area contributed by atoms with Crippen LogP contribution in [0.15, 0.2) is 24.5 Å². The van der Waals surface area contributed by atoms with E-state index in [2.05, 4.69) is 24.1 Å². The third-order valence-electron chi connectivity index (χ3n) is 1.84. The van der Waals surface area contributed by atoms with Crippen LogP contribution in [0.4, 0.5) is 10.5 Å². The van der Waals surface area contributed by atoms with E-state index in [0.29, 0.717) is 18.2 Å². The Balaban J connectivity index is 2.25. The van der Waals surface area contributed by atoms with Crippen LogP contribution in [0.5, 0.6) is 0 Å². The molecule has 0 radical (unpaired) electrons. The van der Waals surface area contributed by atoms with E-state index >= 15 is 0 Å². The highest BCUT2D eigenvalue weighted by Crippen LogP contribution is 2.04. The summed E-state index contributed by atoms with van der Waals surface area (Å²) in [7, 11) is 0. The molecule has 82 valence electrons. The average Bonchev–Trinajstić information content (AvgIpc) is 2.18. The van der Waals surface area contributed by atoms with E-state index in [0.717, 1.165) is 6.42 Å². The van der Waals surface area contributed by atoms with Crippen molar-refractivity contribution in [3.63, 3.8) is 0 Å². The molecule has 4 nitrogen and oxygen atoms in total. The van der Waals surface area contributed by atoms with Gasteiger partial charge in [-0.1, -0.05) is 13.8 Å². The first-order valence-electron chi connectivity index (χ1n) is 5.02. The smallest absolute Gasteiger partial charge is 0.411 e. The van der Waals surface area contributed by atoms with Crippen molar-refractivity contribution in [3.05, 3.63) is 24.5 Å². The van der Waals surface area contributed by atoms with Crippen molar-refractivity contribution in [2.24, 2.45) is 5.92 Å². The van der Waals surface area contributed by atoms with Crippen molar-refractivity contribution in [2.45, 2.75) is 20.3 Å². The quantitative estimate of drug-likeness (QED) is 0.827. The van der Waals surface area contributed by atoms with E-state index in [-0.39, 0.29) is 0 Å². The minimum atomic E-state index is -0.427. The van der Waals surface area contributed by atoms with E-state index in [1.54, 1.807) is 24.5 Å². The van der Waals surface area contributed by atoms with Crippen LogP contribution in [0.25, 0.3) is 0 Å². The van der Waals surface area contributed by atoms with Gasteiger partial charge in [-0.3, -0.25) is 10.3 Å². The third kappa shape index (κ3) is 5.00. The lowest BCUT2D eigenvalue weighted by atomic mass is 10.1. The molecular weight excluding hydrogens is 192 g/mol. The zero-order chi connectivity index (χ0) is 11.1. The fourth-order valence-corrected chi connectivity index (χ4v) is 0.978. The van der Waals surface area contributed by atoms with Gasteiger partial charge >= 0.3 is 6.09 Å². The number of carbonyl (C=O) groups is 1. The molecule has 0 aliphatic carbocycles. The number of rotatable bonds is 4. The van der Waals surface area contributed by atoms with Crippen LogP contribution in [-0.4, -0.2) is 17.7 Å². The Labute approximate surface area is 89.7 Å². The van der Waals surface area contributed by atoms with Crippen molar-refractivity contribution in [1.82, 2.24) is 4.98 Å². The maximum Gasteiger partial charge on any atom is 0.411 e. The van der Waals surface area contributed by atoms with Crippen LogP contribution in [0.3, 0.4) is 0 Å². The molecule has 0 aliphatic rings. The molecule has 1 rings (SSSR count). The summed E-state index contributed by atoms with van der Waals surface area (Å²) in [6.07, 6.45) is 3.67. The fourth-order valence-electron chi connectivity index (χ4n) is 0.978. The van der Waals surface area contributed by atoms with Crippen LogP contribution in [-0.2, 0) is 4.74 Å². The van der Waals surface area contributed by atoms with Crippen molar-refractivity contribution in [3.8, 4) is 0 Å². The van der Waals surface area contributed by atoms with Crippen molar-refractivity contribution in [2.75, 3.05) is 11.9 Å². The number of anilines is 1. The fraction of sp³-hybridized carbons (Fsp3) is 0.455. The van der Waals surface area contributed by atoms with Gasteiger partial charge in [0.05, 0.1) is 18.5 Å². The molecule has 0 saturated carbocycles. The third-order valence-corrected chi connectivity index (χ3v) is 1.84. The lowest BCUT2D eigenvalue weighted by molar-refractivity contribution is 0.155. The summed E-state index contributed by atoms with van der Waals surface area (Å²) in [4.78, 5) is 15.1. The van der Waals surface area contributed by atoms with Gasteiger partial charge < -0.3 is 4.74 Å². The van der Waals surface area contributed by atoms with Crippen LogP contribution >= 0.6 is 0 Å². The van der Waals surface area contributed by atoms with Gasteiger partial charge in [0.1, 0.15) is 0 Å². The van der Waals surface area contributed by atoms with Gasteiger partial charge in [0, 0.05) is 6.20 Å². The van der Waals surface area contributed by atoms with Gasteiger partial charge in [-0.25, -0.2) is 4.79 Å². The topological polar surface area (TPSA) is 51.2 Å². The zero-order valence-corrected chi connectivity index (χ0v) is 9.06. The summed E-state index contributed by atoms with van der Waals surface area (Å²) < 4.78 is 4.98. The molecular formula is C11H16N2O2. The van der Waals surface area contributed by atoms with Crippen LogP contribution in [0, 0.1) is 5.92 Å². The lowest BCUT2D eigenvalue weighted by Crippen LogP contribution is -2.15. The number of hydrogen-bond acceptors (Lipinski definition) is 3. The minimum Gasteiger partial charge on any atom is -0.449 e. The molecule has 0 spiro atoms. The second-order valence-corrected chi connectivity index (χ2v) is 3.69. The largest absolute Gasteiger partial charge is 0.449 e. The minimum absolute atomic E-state index is 0.427. The number of hydrogen-bond donors (Lipinski definition) is 1. The Bertz CT molecular complexity index is 299. The highest BCUT2D eigenvalue weighted by molar-refractivity contribution is 5.84. The summed E-state index contributed by atoms with van der Waals surface area (Å²) in [6.45, 7) is 4.62. The number of aromatic nitrogens is 1. The molecule has 15 heavy (non-hydrogen) atoms. The normalized spacial score (nSPS) is 10.1. The standard InChI is InChI=1S/C11H16N2O2/c1-9(2)5-7-15-11(14)13-10-4-3-6-12-8-10/h3-4,6,8-9H,5,7H2,1-2H3,(H,13,14). The van der Waals surface area contributed by atoms with E-state index in [9.17, 15) is 4.79 Å². The highest BCUT2D eigenvalue weighted by atomic mass is 16.5. The van der Waals surface area contributed by atoms with E-state index in [4.69, 9.17) is 4.74 Å². The first-order valence-corrected chi connectivity index (χ1v) is 5.02. The predicted molar refractivity (Wildman–Crippen MR) is 58.7 cm³/mol. The SMILES string of the molecule is CC(C)CCOC(=O)Nc1cccnc1. The zero-order valence-electron chi connectivity index (χ0n) is 9.06. The number of nitrogens with zero attached hydrogens (tertiary/aromatic N) is 1. The van der Waals surface area contributed by atoms with Gasteiger partial charge in [0.2, 0.25) is 0 Å². The van der Waals surface area contributed by atoms with Gasteiger partial charge in [0.15, 0.2) is 0 Å². The van der Waals surface area contributed by atoms with Crippen LogP contribution in [0.1, 0.15) is 20.3 Å². The van der Waals surface area contributed by atoms with E-state index in [1.807, 2.05) is 0 Å². The monoisotopic (exact) mass is 208 g/mol. The molecule has 1 amide bonds. The summed E-state index contributed by atoms with van der Waals surface area (Å²) in [5.74, 6) is 0.538. The Kier molecular flexibility index (Phi) is 4.60. The van der Waals surface area contributed by atoms with Gasteiger partial charge in [-0.15, -0.1) is 0 Å². The first kappa shape index (κ1) is 11.5. The maximum atomic E-state index is 11.2. The number of carbonyl (C=O) groups excluding carboxylic acids is 1. The number of pyridine rings is 1. The van der Waals surface area contributed by atoms with Gasteiger partial charge in [-0.05, 0) is 24.5 Å². The molecule has 0 saturated heterocycles. The summed E-state index contributed by atoms with van der Waals surface area (Å²) in [5.41, 5.74) is 0.645. The molecule has 0 unspecified atom stereocenters. The molecule has 1 N–H and O–H groups in total. The highest BCUT2D eigenvalue weighted by Gasteiger charge is 2.03. The van der Waals surface area contributed by atoms with Crippen LogP contribution < -0.4 is 5.32 Å². The molecule has 0 fully saturated rings. The maximum absolute atomic E-state index is 11.2. The predicted octanol–water partition coefficient (Wildman–Crippen LogP) is 2.68. The van der Waals surface area contributed by atoms with Crippen LogP contribution in [0.2, 0.25) is 0 Å². The molecule has 1 aromatic heterocycles. The Morgan fingerprint density at radius 2 is 2.40 bits per heavy atom. The molecule has 0 atom stereocenters. The molecule has 0 bridgehead atoms. The second-order valence-electron chi connectivity index (χ2n) is 3.69. The summed E-state index contributed by atoms with van der Waals surface area (Å²) in [5, 5.41) is 2.59. The van der Waals surface area contributed by atoms with E-state index in [1.165, 1.54) is 0 Å². The van der Waals surface area contributed by atoms with Crippen molar-refractivity contribution < 1.29 is 9.53 Å². The van der Waals surface area contributed by atoms with Gasteiger partial charge in [-0.2, -0.15) is 0 Å². The molecule has 0 aromatic carbocycles. The van der Waals surface area contributed by atoms with Gasteiger partial charge in [0.25, 0.3) is 0 Å². The first-order chi connectivity index (χ1) is 7.18. The van der Waals surface area contributed by atoms with Crippen molar-refractivity contribution in [1.29, 1.82) is 0 Å². The molecule has 0 aliphatic heterocycles. The lowest BCUT2D eigenvalue weighted by Gasteiger charge is -2.07.